The predicted molar refractivity (Wildman–Crippen MR) is 94.6 cm³/mol. The van der Waals surface area contributed by atoms with Gasteiger partial charge in [0.2, 0.25) is 5.91 Å². The molecule has 0 saturated heterocycles. The number of alkyl halides is 3. The van der Waals surface area contributed by atoms with Crippen molar-refractivity contribution in [2.24, 2.45) is 11.3 Å². The Labute approximate surface area is 161 Å². The number of halogens is 3. The van der Waals surface area contributed by atoms with Gasteiger partial charge in [-0.3, -0.25) is 4.79 Å². The topological polar surface area (TPSA) is 75.6 Å². The van der Waals surface area contributed by atoms with Gasteiger partial charge in [0.1, 0.15) is 5.54 Å². The molecular weight excluding hydrogens is 375 g/mol. The normalized spacial score (nSPS) is 31.0. The third-order valence-corrected chi connectivity index (χ3v) is 6.24. The molecule has 0 aliphatic heterocycles. The van der Waals surface area contributed by atoms with E-state index in [1.165, 1.54) is 6.07 Å². The molecule has 28 heavy (non-hydrogen) atoms. The molecule has 0 radical (unpaired) electrons. The molecule has 0 aromatic heterocycles. The first-order chi connectivity index (χ1) is 12.9. The van der Waals surface area contributed by atoms with Gasteiger partial charge in [-0.1, -0.05) is 32.0 Å². The van der Waals surface area contributed by atoms with E-state index in [4.69, 9.17) is 4.74 Å². The fourth-order valence-electron chi connectivity index (χ4n) is 4.14. The maximum atomic E-state index is 12.9. The fourth-order valence-corrected chi connectivity index (χ4v) is 4.14. The molecule has 1 amide bonds. The highest BCUT2D eigenvalue weighted by molar-refractivity contribution is 5.92. The lowest BCUT2D eigenvalue weighted by molar-refractivity contribution is -0.194. The van der Waals surface area contributed by atoms with E-state index in [2.05, 4.69) is 5.32 Å². The minimum atomic E-state index is -4.44. The van der Waals surface area contributed by atoms with Crippen LogP contribution in [0.15, 0.2) is 24.3 Å². The van der Waals surface area contributed by atoms with Gasteiger partial charge in [0.15, 0.2) is 0 Å². The van der Waals surface area contributed by atoms with Crippen LogP contribution in [-0.4, -0.2) is 35.2 Å². The zero-order valence-electron chi connectivity index (χ0n) is 16.0. The van der Waals surface area contributed by atoms with Crippen molar-refractivity contribution in [2.45, 2.75) is 57.3 Å². The third-order valence-electron chi connectivity index (χ3n) is 6.24. The fraction of sp³-hybridized carbons (Fsp3) is 0.600. The summed E-state index contributed by atoms with van der Waals surface area (Å²) >= 11 is 0. The molecule has 2 saturated carbocycles. The number of ether oxygens (including phenoxy) is 1. The lowest BCUT2D eigenvalue weighted by atomic mass is 9.54. The number of carbonyl (C=O) groups excluding carboxylic acids is 1. The summed E-state index contributed by atoms with van der Waals surface area (Å²) in [5, 5.41) is 12.4. The quantitative estimate of drug-likeness (QED) is 0.767. The van der Waals surface area contributed by atoms with Gasteiger partial charge >= 0.3 is 12.1 Å². The molecule has 5 nitrogen and oxygen atoms in total. The number of benzene rings is 1. The van der Waals surface area contributed by atoms with Crippen molar-refractivity contribution < 1.29 is 32.6 Å². The van der Waals surface area contributed by atoms with Crippen molar-refractivity contribution in [1.82, 2.24) is 5.32 Å². The Morgan fingerprint density at radius 1 is 1.32 bits per heavy atom. The van der Waals surface area contributed by atoms with E-state index in [0.29, 0.717) is 18.6 Å². The minimum absolute atomic E-state index is 0.163. The molecule has 4 unspecified atom stereocenters. The van der Waals surface area contributed by atoms with Crippen LogP contribution in [0.4, 0.5) is 13.2 Å². The van der Waals surface area contributed by atoms with Crippen LogP contribution in [-0.2, 0) is 20.5 Å². The molecule has 0 heterocycles. The molecule has 3 rings (SSSR count). The summed E-state index contributed by atoms with van der Waals surface area (Å²) < 4.78 is 44.3. The first kappa shape index (κ1) is 20.6. The molecule has 2 aliphatic rings. The highest BCUT2D eigenvalue weighted by Crippen LogP contribution is 2.54. The first-order valence-electron chi connectivity index (χ1n) is 9.28. The van der Waals surface area contributed by atoms with E-state index >= 15 is 0 Å². The van der Waals surface area contributed by atoms with E-state index in [9.17, 15) is 27.9 Å². The van der Waals surface area contributed by atoms with E-state index in [1.54, 1.807) is 19.9 Å². The van der Waals surface area contributed by atoms with Gasteiger partial charge in [0.25, 0.3) is 0 Å². The van der Waals surface area contributed by atoms with E-state index in [-0.39, 0.29) is 18.4 Å². The maximum absolute atomic E-state index is 12.9. The summed E-state index contributed by atoms with van der Waals surface area (Å²) in [5.74, 6) is -2.42. The van der Waals surface area contributed by atoms with Gasteiger partial charge in [-0.2, -0.15) is 13.2 Å². The number of nitrogens with one attached hydrogen (secondary N) is 1. The van der Waals surface area contributed by atoms with Crippen LogP contribution in [0, 0.1) is 11.3 Å². The highest BCUT2D eigenvalue weighted by Gasteiger charge is 2.67. The number of carbonyl (C=O) groups is 2. The van der Waals surface area contributed by atoms with Crippen LogP contribution >= 0.6 is 0 Å². The van der Waals surface area contributed by atoms with Crippen LogP contribution in [0.1, 0.15) is 50.7 Å². The zero-order valence-corrected chi connectivity index (χ0v) is 16.0. The SMILES string of the molecule is CCOC1CC(NC(=O)C2CC2c2cccc(C(F)(F)F)c2)(C(=O)O)C1(C)C. The summed E-state index contributed by atoms with van der Waals surface area (Å²) in [4.78, 5) is 24.7. The summed E-state index contributed by atoms with van der Waals surface area (Å²) in [6.07, 6.45) is -4.17. The highest BCUT2D eigenvalue weighted by atomic mass is 19.4. The van der Waals surface area contributed by atoms with Gasteiger partial charge < -0.3 is 15.2 Å². The molecule has 8 heteroatoms. The number of hydrogen-bond acceptors (Lipinski definition) is 3. The molecule has 2 N–H and O–H groups in total. The van der Waals surface area contributed by atoms with Gasteiger partial charge in [0, 0.05) is 24.4 Å². The number of rotatable bonds is 6. The van der Waals surface area contributed by atoms with Crippen molar-refractivity contribution in [3.05, 3.63) is 35.4 Å². The number of aliphatic carboxylic acids is 1. The van der Waals surface area contributed by atoms with Crippen LogP contribution in [0.2, 0.25) is 0 Å². The van der Waals surface area contributed by atoms with Crippen molar-refractivity contribution in [3.63, 3.8) is 0 Å². The van der Waals surface area contributed by atoms with Crippen LogP contribution in [0.5, 0.6) is 0 Å². The second-order valence-electron chi connectivity index (χ2n) is 8.14. The Morgan fingerprint density at radius 2 is 2.00 bits per heavy atom. The van der Waals surface area contributed by atoms with E-state index in [1.807, 2.05) is 6.92 Å². The standard InChI is InChI=1S/C20H24F3NO4/c1-4-28-15-10-19(17(26)27,18(15,2)3)24-16(25)14-9-13(14)11-6-5-7-12(8-11)20(21,22)23/h5-8,13-15H,4,9-10H2,1-3H3,(H,24,25)(H,26,27). The Kier molecular flexibility index (Phi) is 4.98. The van der Waals surface area contributed by atoms with Crippen molar-refractivity contribution in [3.8, 4) is 0 Å². The molecule has 0 spiro atoms. The minimum Gasteiger partial charge on any atom is -0.479 e. The summed E-state index contributed by atoms with van der Waals surface area (Å²) in [5.41, 5.74) is -2.55. The van der Waals surface area contributed by atoms with Crippen LogP contribution < -0.4 is 5.32 Å². The second kappa shape index (κ2) is 6.76. The maximum Gasteiger partial charge on any atom is 0.416 e. The molecule has 0 bridgehead atoms. The largest absolute Gasteiger partial charge is 0.479 e. The summed E-state index contributed by atoms with van der Waals surface area (Å²) in [6.45, 7) is 5.74. The van der Waals surface area contributed by atoms with E-state index < -0.39 is 40.5 Å². The number of amides is 1. The van der Waals surface area contributed by atoms with Crippen molar-refractivity contribution >= 4 is 11.9 Å². The Bertz CT molecular complexity index is 792. The summed E-state index contributed by atoms with van der Waals surface area (Å²) in [6, 6.07) is 4.94. The second-order valence-corrected chi connectivity index (χ2v) is 8.14. The lowest BCUT2D eigenvalue weighted by Gasteiger charge is -2.58. The average Bonchev–Trinajstić information content (AvgIpc) is 3.40. The van der Waals surface area contributed by atoms with Gasteiger partial charge in [-0.05, 0) is 30.9 Å². The lowest BCUT2D eigenvalue weighted by Crippen LogP contribution is -2.76. The summed E-state index contributed by atoms with van der Waals surface area (Å²) in [7, 11) is 0. The molecular formula is C20H24F3NO4. The van der Waals surface area contributed by atoms with Crippen LogP contribution in [0.3, 0.4) is 0 Å². The third kappa shape index (κ3) is 3.27. The van der Waals surface area contributed by atoms with E-state index in [0.717, 1.165) is 12.1 Å². The molecule has 2 aliphatic carbocycles. The average molecular weight is 399 g/mol. The zero-order chi connectivity index (χ0) is 20.9. The Balaban J connectivity index is 1.72. The van der Waals surface area contributed by atoms with Gasteiger partial charge in [-0.25, -0.2) is 4.79 Å². The van der Waals surface area contributed by atoms with Crippen molar-refractivity contribution in [1.29, 1.82) is 0 Å². The van der Waals surface area contributed by atoms with Gasteiger partial charge in [0.05, 0.1) is 11.7 Å². The van der Waals surface area contributed by atoms with Crippen LogP contribution in [0.25, 0.3) is 0 Å². The Morgan fingerprint density at radius 3 is 2.54 bits per heavy atom. The number of carboxylic acids is 1. The predicted octanol–water partition coefficient (Wildman–Crippen LogP) is 3.58. The molecule has 2 fully saturated rings. The smallest absolute Gasteiger partial charge is 0.416 e. The van der Waals surface area contributed by atoms with Gasteiger partial charge in [-0.15, -0.1) is 0 Å². The monoisotopic (exact) mass is 399 g/mol. The number of hydrogen-bond donors (Lipinski definition) is 2. The molecule has 1 aromatic carbocycles. The first-order valence-corrected chi connectivity index (χ1v) is 9.28. The molecule has 1 aromatic rings. The van der Waals surface area contributed by atoms with Crippen molar-refractivity contribution in [2.75, 3.05) is 6.61 Å². The molecule has 154 valence electrons. The Hall–Kier alpha value is -2.09. The molecule has 4 atom stereocenters. The number of carboxylic acid groups (broad SMARTS) is 1.